The molecule has 6 heteroatoms. The first-order chi connectivity index (χ1) is 13.1. The van der Waals surface area contributed by atoms with Crippen LogP contribution in [0.4, 0.5) is 0 Å². The second-order valence-corrected chi connectivity index (χ2v) is 7.59. The predicted molar refractivity (Wildman–Crippen MR) is 103 cm³/mol. The predicted octanol–water partition coefficient (Wildman–Crippen LogP) is 3.92. The van der Waals surface area contributed by atoms with Gasteiger partial charge in [0.25, 0.3) is 0 Å². The van der Waals surface area contributed by atoms with E-state index in [4.69, 9.17) is 9.52 Å². The number of aliphatic hydroxyl groups excluding tert-OH is 1. The van der Waals surface area contributed by atoms with Crippen LogP contribution in [0.15, 0.2) is 16.5 Å². The van der Waals surface area contributed by atoms with Crippen molar-refractivity contribution >= 4 is 11.9 Å². The number of aryl methyl sites for hydroxylation is 1. The van der Waals surface area contributed by atoms with Gasteiger partial charge in [0.05, 0.1) is 6.10 Å². The minimum atomic E-state index is -1.04. The molecule has 0 bridgehead atoms. The molecule has 0 radical (unpaired) electrons. The number of hydrogen-bond donors (Lipinski definition) is 3. The molecule has 2 rings (SSSR count). The Kier molecular flexibility index (Phi) is 9.39. The maximum atomic E-state index is 11.9. The molecule has 1 heterocycles. The fourth-order valence-corrected chi connectivity index (χ4v) is 3.77. The monoisotopic (exact) mass is 379 g/mol. The highest BCUT2D eigenvalue weighted by molar-refractivity contribution is 5.84. The first kappa shape index (κ1) is 21.5. The fraction of sp³-hybridized carbons (Fsp3) is 0.714. The molecular weight excluding hydrogens is 346 g/mol. The molecule has 1 atom stereocenters. The Labute approximate surface area is 161 Å². The number of rotatable bonds is 12. The Morgan fingerprint density at radius 1 is 1.11 bits per heavy atom. The molecule has 0 aliphatic heterocycles. The molecule has 1 saturated carbocycles. The number of hydrogen-bond acceptors (Lipinski definition) is 4. The van der Waals surface area contributed by atoms with Crippen molar-refractivity contribution in [1.82, 2.24) is 5.32 Å². The highest BCUT2D eigenvalue weighted by Gasteiger charge is 2.21. The van der Waals surface area contributed by atoms with Gasteiger partial charge in [0, 0.05) is 19.4 Å². The quantitative estimate of drug-likeness (QED) is 0.478. The molecule has 1 aromatic rings. The zero-order valence-electron chi connectivity index (χ0n) is 16.1. The van der Waals surface area contributed by atoms with E-state index < -0.39 is 5.97 Å². The zero-order valence-corrected chi connectivity index (χ0v) is 16.1. The molecule has 1 aliphatic rings. The lowest BCUT2D eigenvalue weighted by Gasteiger charge is -2.26. The normalized spacial score (nSPS) is 16.2. The molecule has 1 aliphatic carbocycles. The summed E-state index contributed by atoms with van der Waals surface area (Å²) < 4.78 is 5.21. The molecule has 0 aromatic carbocycles. The summed E-state index contributed by atoms with van der Waals surface area (Å²) >= 11 is 0. The van der Waals surface area contributed by atoms with E-state index in [9.17, 15) is 14.7 Å². The number of aromatic carboxylic acids is 1. The lowest BCUT2D eigenvalue weighted by molar-refractivity contribution is -0.121. The number of aliphatic hydroxyl groups is 1. The number of carbonyl (C=O) groups excluding carboxylic acids is 1. The first-order valence-corrected chi connectivity index (χ1v) is 10.3. The van der Waals surface area contributed by atoms with Crippen LogP contribution in [0.1, 0.15) is 86.9 Å². The Balaban J connectivity index is 1.45. The van der Waals surface area contributed by atoms with Gasteiger partial charge in [-0.1, -0.05) is 32.1 Å². The largest absolute Gasteiger partial charge is 0.475 e. The second kappa shape index (κ2) is 11.8. The molecule has 1 fully saturated rings. The number of unbranched alkanes of at least 4 members (excludes halogenated alkanes) is 3. The van der Waals surface area contributed by atoms with Crippen LogP contribution in [-0.4, -0.2) is 34.7 Å². The standard InChI is InChI=1S/C21H33NO5/c23-18(16-8-4-3-5-9-16)14-15-22-20(24)11-7-2-1-6-10-17-12-13-19(27-17)21(25)26/h12-13,16,18,23H,1-11,14-15H2,(H,22,24)(H,25,26). The van der Waals surface area contributed by atoms with Gasteiger partial charge >= 0.3 is 5.97 Å². The van der Waals surface area contributed by atoms with Gasteiger partial charge in [-0.15, -0.1) is 0 Å². The summed E-state index contributed by atoms with van der Waals surface area (Å²) in [6.07, 6.45) is 11.3. The molecule has 3 N–H and O–H groups in total. The van der Waals surface area contributed by atoms with Gasteiger partial charge in [-0.3, -0.25) is 4.79 Å². The topological polar surface area (TPSA) is 99.8 Å². The molecule has 1 aromatic heterocycles. The summed E-state index contributed by atoms with van der Waals surface area (Å²) in [6, 6.07) is 3.19. The Bertz CT molecular complexity index is 577. The van der Waals surface area contributed by atoms with Crippen molar-refractivity contribution in [3.8, 4) is 0 Å². The SMILES string of the molecule is O=C(CCCCCCc1ccc(C(=O)O)o1)NCCC(O)C1CCCCC1. The summed E-state index contributed by atoms with van der Waals surface area (Å²) in [6.45, 7) is 0.556. The van der Waals surface area contributed by atoms with Crippen molar-refractivity contribution in [1.29, 1.82) is 0 Å². The van der Waals surface area contributed by atoms with E-state index in [-0.39, 0.29) is 17.8 Å². The van der Waals surface area contributed by atoms with E-state index in [2.05, 4.69) is 5.32 Å². The van der Waals surface area contributed by atoms with E-state index in [1.54, 1.807) is 6.07 Å². The van der Waals surface area contributed by atoms with Crippen molar-refractivity contribution in [3.05, 3.63) is 23.7 Å². The number of carbonyl (C=O) groups is 2. The van der Waals surface area contributed by atoms with Crippen LogP contribution >= 0.6 is 0 Å². The van der Waals surface area contributed by atoms with E-state index in [1.165, 1.54) is 25.3 Å². The highest BCUT2D eigenvalue weighted by Crippen LogP contribution is 2.27. The maximum Gasteiger partial charge on any atom is 0.371 e. The van der Waals surface area contributed by atoms with Crippen molar-refractivity contribution < 1.29 is 24.2 Å². The lowest BCUT2D eigenvalue weighted by Crippen LogP contribution is -2.30. The number of carboxylic acids is 1. The molecule has 1 unspecified atom stereocenters. The van der Waals surface area contributed by atoms with Crippen LogP contribution in [0.3, 0.4) is 0 Å². The summed E-state index contributed by atoms with van der Waals surface area (Å²) in [5, 5.41) is 21.9. The summed E-state index contributed by atoms with van der Waals surface area (Å²) in [5.74, 6) is 0.106. The van der Waals surface area contributed by atoms with Crippen LogP contribution in [-0.2, 0) is 11.2 Å². The number of nitrogens with one attached hydrogen (secondary N) is 1. The summed E-state index contributed by atoms with van der Waals surface area (Å²) in [7, 11) is 0. The van der Waals surface area contributed by atoms with Gasteiger partial charge in [-0.2, -0.15) is 0 Å². The number of carboxylic acid groups (broad SMARTS) is 1. The van der Waals surface area contributed by atoms with Crippen LogP contribution in [0.25, 0.3) is 0 Å². The smallest absolute Gasteiger partial charge is 0.371 e. The number of furan rings is 1. The third-order valence-corrected chi connectivity index (χ3v) is 5.41. The zero-order chi connectivity index (χ0) is 19.5. The van der Waals surface area contributed by atoms with Gasteiger partial charge in [0.1, 0.15) is 5.76 Å². The average molecular weight is 379 g/mol. The lowest BCUT2D eigenvalue weighted by atomic mass is 9.84. The van der Waals surface area contributed by atoms with Crippen LogP contribution in [0.2, 0.25) is 0 Å². The van der Waals surface area contributed by atoms with Crippen molar-refractivity contribution in [2.75, 3.05) is 6.54 Å². The van der Waals surface area contributed by atoms with E-state index >= 15 is 0 Å². The fourth-order valence-electron chi connectivity index (χ4n) is 3.77. The first-order valence-electron chi connectivity index (χ1n) is 10.3. The number of amides is 1. The molecular formula is C21H33NO5. The third-order valence-electron chi connectivity index (χ3n) is 5.41. The summed E-state index contributed by atoms with van der Waals surface area (Å²) in [5.41, 5.74) is 0. The highest BCUT2D eigenvalue weighted by atomic mass is 16.4. The van der Waals surface area contributed by atoms with Gasteiger partial charge in [-0.25, -0.2) is 4.79 Å². The average Bonchev–Trinajstić information content (AvgIpc) is 3.14. The van der Waals surface area contributed by atoms with E-state index in [0.29, 0.717) is 31.1 Å². The van der Waals surface area contributed by atoms with Crippen molar-refractivity contribution in [3.63, 3.8) is 0 Å². The van der Waals surface area contributed by atoms with Crippen LogP contribution in [0, 0.1) is 5.92 Å². The van der Waals surface area contributed by atoms with Crippen LogP contribution < -0.4 is 5.32 Å². The molecule has 152 valence electrons. The van der Waals surface area contributed by atoms with Crippen molar-refractivity contribution in [2.45, 2.75) is 83.2 Å². The van der Waals surface area contributed by atoms with E-state index in [0.717, 1.165) is 44.9 Å². The van der Waals surface area contributed by atoms with Gasteiger partial charge in [-0.05, 0) is 50.2 Å². The maximum absolute atomic E-state index is 11.9. The molecule has 1 amide bonds. The van der Waals surface area contributed by atoms with Gasteiger partial charge < -0.3 is 19.9 Å². The minimum absolute atomic E-state index is 0.0183. The molecule has 27 heavy (non-hydrogen) atoms. The molecule has 0 spiro atoms. The van der Waals surface area contributed by atoms with Crippen molar-refractivity contribution in [2.24, 2.45) is 5.92 Å². The second-order valence-electron chi connectivity index (χ2n) is 7.59. The third kappa shape index (κ3) is 8.16. The Hall–Kier alpha value is -1.82. The van der Waals surface area contributed by atoms with Gasteiger partial charge in [0.2, 0.25) is 11.7 Å². The van der Waals surface area contributed by atoms with Crippen LogP contribution in [0.5, 0.6) is 0 Å². The Morgan fingerprint density at radius 2 is 1.85 bits per heavy atom. The minimum Gasteiger partial charge on any atom is -0.475 e. The van der Waals surface area contributed by atoms with Gasteiger partial charge in [0.15, 0.2) is 0 Å². The van der Waals surface area contributed by atoms with E-state index in [1.807, 2.05) is 0 Å². The molecule has 0 saturated heterocycles. The summed E-state index contributed by atoms with van der Waals surface area (Å²) in [4.78, 5) is 22.6. The Morgan fingerprint density at radius 3 is 2.56 bits per heavy atom. The molecule has 6 nitrogen and oxygen atoms in total.